The fourth-order valence-corrected chi connectivity index (χ4v) is 2.40. The van der Waals surface area contributed by atoms with E-state index in [0.717, 1.165) is 0 Å². The van der Waals surface area contributed by atoms with Crippen LogP contribution in [0.4, 0.5) is 5.82 Å². The van der Waals surface area contributed by atoms with Gasteiger partial charge in [0.05, 0.1) is 17.5 Å². The first-order valence-corrected chi connectivity index (χ1v) is 7.37. The number of terminal acetylenes is 1. The van der Waals surface area contributed by atoms with Gasteiger partial charge in [0.15, 0.2) is 0 Å². The first kappa shape index (κ1) is 16.8. The van der Waals surface area contributed by atoms with Crippen molar-refractivity contribution in [3.63, 3.8) is 0 Å². The summed E-state index contributed by atoms with van der Waals surface area (Å²) in [6.45, 7) is 1.60. The lowest BCUT2D eigenvalue weighted by molar-refractivity contribution is -0.132. The number of carbonyl (C=O) groups excluding carboxylic acids is 2. The fraction of sp³-hybridized carbons (Fsp3) is 0.438. The highest BCUT2D eigenvalue weighted by atomic mass is 16.5. The van der Waals surface area contributed by atoms with Crippen LogP contribution in [0.3, 0.4) is 0 Å². The third-order valence-electron chi connectivity index (χ3n) is 3.96. The Morgan fingerprint density at radius 2 is 2.13 bits per heavy atom. The van der Waals surface area contributed by atoms with Crippen LogP contribution in [0.2, 0.25) is 0 Å². The van der Waals surface area contributed by atoms with Gasteiger partial charge in [-0.3, -0.25) is 9.59 Å². The molecule has 0 aliphatic carbocycles. The molecule has 1 aromatic heterocycles. The molecule has 1 aromatic rings. The Hall–Kier alpha value is -2.59. The standard InChI is InChI=1S/C16H20N4O3/c1-2-7-18-14(21)12-3-4-13(19-10-12)20-11-16(15(17)22)5-8-23-9-6-16/h1,3-4,10H,5-9,11H2,(H2,17,22)(H,18,21)(H,19,20). The van der Waals surface area contributed by atoms with Crippen LogP contribution in [0.5, 0.6) is 0 Å². The molecule has 4 N–H and O–H groups in total. The third-order valence-corrected chi connectivity index (χ3v) is 3.96. The summed E-state index contributed by atoms with van der Waals surface area (Å²) in [7, 11) is 0. The first-order valence-electron chi connectivity index (χ1n) is 7.37. The average molecular weight is 316 g/mol. The van der Waals surface area contributed by atoms with Crippen LogP contribution >= 0.6 is 0 Å². The number of amides is 2. The van der Waals surface area contributed by atoms with Crippen LogP contribution in [0.1, 0.15) is 23.2 Å². The van der Waals surface area contributed by atoms with E-state index in [1.165, 1.54) is 6.20 Å². The summed E-state index contributed by atoms with van der Waals surface area (Å²) in [5, 5.41) is 5.68. The molecule has 0 unspecified atom stereocenters. The molecular weight excluding hydrogens is 296 g/mol. The third kappa shape index (κ3) is 4.20. The lowest BCUT2D eigenvalue weighted by atomic mass is 9.79. The number of hydrogen-bond acceptors (Lipinski definition) is 5. The van der Waals surface area contributed by atoms with Crippen molar-refractivity contribution >= 4 is 17.6 Å². The van der Waals surface area contributed by atoms with Crippen LogP contribution in [0.25, 0.3) is 0 Å². The molecule has 1 aliphatic rings. The largest absolute Gasteiger partial charge is 0.381 e. The van der Waals surface area contributed by atoms with Gasteiger partial charge in [0, 0.05) is 26.0 Å². The van der Waals surface area contributed by atoms with E-state index >= 15 is 0 Å². The number of nitrogens with zero attached hydrogens (tertiary/aromatic N) is 1. The zero-order valence-corrected chi connectivity index (χ0v) is 12.8. The number of nitrogens with one attached hydrogen (secondary N) is 2. The minimum absolute atomic E-state index is 0.169. The second kappa shape index (κ2) is 7.61. The van der Waals surface area contributed by atoms with Crippen molar-refractivity contribution in [3.8, 4) is 12.3 Å². The van der Waals surface area contributed by atoms with Crippen molar-refractivity contribution in [2.45, 2.75) is 12.8 Å². The fourth-order valence-electron chi connectivity index (χ4n) is 2.40. The van der Waals surface area contributed by atoms with Crippen molar-refractivity contribution in [3.05, 3.63) is 23.9 Å². The smallest absolute Gasteiger partial charge is 0.253 e. The molecule has 1 aliphatic heterocycles. The summed E-state index contributed by atoms with van der Waals surface area (Å²) in [6.07, 6.45) is 7.71. The number of ether oxygens (including phenoxy) is 1. The Morgan fingerprint density at radius 1 is 1.39 bits per heavy atom. The topological polar surface area (TPSA) is 106 Å². The Kier molecular flexibility index (Phi) is 5.55. The molecule has 7 heteroatoms. The normalized spacial score (nSPS) is 16.1. The maximum atomic E-state index is 11.8. The molecule has 2 amide bonds. The van der Waals surface area contributed by atoms with E-state index in [1.54, 1.807) is 12.1 Å². The van der Waals surface area contributed by atoms with Crippen LogP contribution in [0, 0.1) is 17.8 Å². The molecule has 0 saturated carbocycles. The van der Waals surface area contributed by atoms with Gasteiger partial charge < -0.3 is 21.1 Å². The highest BCUT2D eigenvalue weighted by Gasteiger charge is 2.38. The second-order valence-corrected chi connectivity index (χ2v) is 5.43. The Labute approximate surface area is 135 Å². The zero-order chi connectivity index (χ0) is 16.7. The predicted octanol–water partition coefficient (Wildman–Crippen LogP) is 0.139. The Balaban J connectivity index is 1.96. The summed E-state index contributed by atoms with van der Waals surface area (Å²) in [5.41, 5.74) is 5.35. The molecule has 0 aromatic carbocycles. The molecule has 23 heavy (non-hydrogen) atoms. The summed E-state index contributed by atoms with van der Waals surface area (Å²) < 4.78 is 5.29. The molecular formula is C16H20N4O3. The summed E-state index contributed by atoms with van der Waals surface area (Å²) >= 11 is 0. The summed E-state index contributed by atoms with van der Waals surface area (Å²) in [5.74, 6) is 2.29. The van der Waals surface area contributed by atoms with Gasteiger partial charge in [0.25, 0.3) is 5.91 Å². The molecule has 122 valence electrons. The van der Waals surface area contributed by atoms with Crippen molar-refractivity contribution in [1.82, 2.24) is 10.3 Å². The quantitative estimate of drug-likeness (QED) is 0.647. The van der Waals surface area contributed by atoms with Crippen molar-refractivity contribution in [1.29, 1.82) is 0 Å². The minimum Gasteiger partial charge on any atom is -0.381 e. The number of rotatable bonds is 6. The molecule has 0 radical (unpaired) electrons. The number of nitrogens with two attached hydrogens (primary N) is 1. The number of hydrogen-bond donors (Lipinski definition) is 3. The number of aromatic nitrogens is 1. The maximum Gasteiger partial charge on any atom is 0.253 e. The van der Waals surface area contributed by atoms with Crippen molar-refractivity contribution < 1.29 is 14.3 Å². The number of carbonyl (C=O) groups is 2. The van der Waals surface area contributed by atoms with Gasteiger partial charge in [-0.1, -0.05) is 5.92 Å². The van der Waals surface area contributed by atoms with Crippen LogP contribution < -0.4 is 16.4 Å². The van der Waals surface area contributed by atoms with E-state index in [-0.39, 0.29) is 18.4 Å². The lowest BCUT2D eigenvalue weighted by Gasteiger charge is -2.34. The summed E-state index contributed by atoms with van der Waals surface area (Å²) in [6, 6.07) is 3.32. The molecule has 1 saturated heterocycles. The van der Waals surface area contributed by atoms with Crippen LogP contribution in [-0.4, -0.2) is 43.1 Å². The minimum atomic E-state index is -0.622. The van der Waals surface area contributed by atoms with Gasteiger partial charge in [0.2, 0.25) is 5.91 Å². The maximum absolute atomic E-state index is 11.8. The van der Waals surface area contributed by atoms with Gasteiger partial charge in [-0.05, 0) is 25.0 Å². The highest BCUT2D eigenvalue weighted by molar-refractivity contribution is 5.94. The molecule has 0 atom stereocenters. The van der Waals surface area contributed by atoms with E-state index in [0.29, 0.717) is 44.0 Å². The van der Waals surface area contributed by atoms with E-state index in [9.17, 15) is 9.59 Å². The van der Waals surface area contributed by atoms with E-state index in [4.69, 9.17) is 16.9 Å². The number of primary amides is 1. The van der Waals surface area contributed by atoms with Crippen LogP contribution in [-0.2, 0) is 9.53 Å². The second-order valence-electron chi connectivity index (χ2n) is 5.43. The molecule has 2 heterocycles. The molecule has 0 spiro atoms. The van der Waals surface area contributed by atoms with Crippen molar-refractivity contribution in [2.24, 2.45) is 11.1 Å². The molecule has 1 fully saturated rings. The van der Waals surface area contributed by atoms with Gasteiger partial charge in [-0.25, -0.2) is 4.98 Å². The van der Waals surface area contributed by atoms with E-state index in [2.05, 4.69) is 21.5 Å². The highest BCUT2D eigenvalue weighted by Crippen LogP contribution is 2.30. The average Bonchev–Trinajstić information content (AvgIpc) is 2.59. The van der Waals surface area contributed by atoms with E-state index < -0.39 is 5.41 Å². The number of pyridine rings is 1. The molecule has 7 nitrogen and oxygen atoms in total. The van der Waals surface area contributed by atoms with Gasteiger partial charge >= 0.3 is 0 Å². The van der Waals surface area contributed by atoms with Gasteiger partial charge in [0.1, 0.15) is 5.82 Å². The Morgan fingerprint density at radius 3 is 2.70 bits per heavy atom. The number of anilines is 1. The zero-order valence-electron chi connectivity index (χ0n) is 12.8. The first-order chi connectivity index (χ1) is 11.1. The molecule has 2 rings (SSSR count). The van der Waals surface area contributed by atoms with Gasteiger partial charge in [-0.15, -0.1) is 6.42 Å². The van der Waals surface area contributed by atoms with Gasteiger partial charge in [-0.2, -0.15) is 0 Å². The molecule has 0 bridgehead atoms. The lowest BCUT2D eigenvalue weighted by Crippen LogP contribution is -2.46. The van der Waals surface area contributed by atoms with Crippen LogP contribution in [0.15, 0.2) is 18.3 Å². The Bertz CT molecular complexity index is 601. The predicted molar refractivity (Wildman–Crippen MR) is 85.6 cm³/mol. The summed E-state index contributed by atoms with van der Waals surface area (Å²) in [4.78, 5) is 27.7. The van der Waals surface area contributed by atoms with E-state index in [1.807, 2.05) is 0 Å². The van der Waals surface area contributed by atoms with Crippen molar-refractivity contribution in [2.75, 3.05) is 31.6 Å². The monoisotopic (exact) mass is 316 g/mol. The SMILES string of the molecule is C#CCNC(=O)c1ccc(NCC2(C(N)=O)CCOCC2)nc1.